The van der Waals surface area contributed by atoms with Crippen molar-refractivity contribution in [2.24, 2.45) is 5.92 Å². The summed E-state index contributed by atoms with van der Waals surface area (Å²) in [5.41, 5.74) is 0. The Kier molecular flexibility index (Phi) is 4.49. The first-order chi connectivity index (χ1) is 11.9. The molecule has 4 nitrogen and oxygen atoms in total. The van der Waals surface area contributed by atoms with Crippen molar-refractivity contribution < 1.29 is 13.2 Å². The van der Waals surface area contributed by atoms with Crippen LogP contribution in [0.1, 0.15) is 31.7 Å². The van der Waals surface area contributed by atoms with Gasteiger partial charge in [-0.25, -0.2) is 4.68 Å². The van der Waals surface area contributed by atoms with Crippen molar-refractivity contribution in [1.29, 1.82) is 0 Å². The lowest BCUT2D eigenvalue weighted by Crippen LogP contribution is -2.42. The number of thiophene rings is 1. The lowest BCUT2D eigenvalue weighted by molar-refractivity contribution is -0.188. The molecule has 9 heteroatoms. The molecule has 0 N–H and O–H groups in total. The third kappa shape index (κ3) is 3.54. The Morgan fingerprint density at radius 3 is 2.72 bits per heavy atom. The van der Waals surface area contributed by atoms with Crippen molar-refractivity contribution in [3.63, 3.8) is 0 Å². The number of aromatic nitrogens is 3. The van der Waals surface area contributed by atoms with Crippen molar-refractivity contribution in [2.45, 2.75) is 44.6 Å². The lowest BCUT2D eigenvalue weighted by Gasteiger charge is -2.33. The predicted octanol–water partition coefficient (Wildman–Crippen LogP) is 4.71. The van der Waals surface area contributed by atoms with Gasteiger partial charge in [0.2, 0.25) is 0 Å². The van der Waals surface area contributed by atoms with E-state index in [1.54, 1.807) is 16.0 Å². The minimum Gasteiger partial charge on any atom is -0.296 e. The van der Waals surface area contributed by atoms with Gasteiger partial charge in [-0.05, 0) is 55.9 Å². The highest BCUT2D eigenvalue weighted by molar-refractivity contribution is 7.71. The molecule has 1 saturated heterocycles. The average Bonchev–Trinajstić information content (AvgIpc) is 3.14. The van der Waals surface area contributed by atoms with Crippen molar-refractivity contribution >= 4 is 23.6 Å². The van der Waals surface area contributed by atoms with Crippen LogP contribution in [-0.4, -0.2) is 38.5 Å². The zero-order valence-electron chi connectivity index (χ0n) is 13.6. The average molecular weight is 388 g/mol. The third-order valence-corrected chi connectivity index (χ3v) is 6.10. The summed E-state index contributed by atoms with van der Waals surface area (Å²) in [4.78, 5) is 2.86. The van der Waals surface area contributed by atoms with Gasteiger partial charge in [0, 0.05) is 12.6 Å². The second kappa shape index (κ2) is 6.51. The van der Waals surface area contributed by atoms with Crippen molar-refractivity contribution in [3.8, 4) is 10.7 Å². The molecule has 1 atom stereocenters. The van der Waals surface area contributed by atoms with Crippen LogP contribution in [0.2, 0.25) is 0 Å². The van der Waals surface area contributed by atoms with E-state index in [4.69, 9.17) is 12.2 Å². The van der Waals surface area contributed by atoms with Gasteiger partial charge in [-0.3, -0.25) is 9.47 Å². The number of alkyl halides is 3. The summed E-state index contributed by atoms with van der Waals surface area (Å²) in [7, 11) is 0. The van der Waals surface area contributed by atoms with E-state index < -0.39 is 12.1 Å². The first kappa shape index (κ1) is 17.2. The summed E-state index contributed by atoms with van der Waals surface area (Å²) in [5, 5.41) is 6.65. The quantitative estimate of drug-likeness (QED) is 0.710. The Morgan fingerprint density at radius 2 is 2.08 bits per heavy atom. The minimum absolute atomic E-state index is 0.0237. The van der Waals surface area contributed by atoms with E-state index in [-0.39, 0.29) is 13.0 Å². The van der Waals surface area contributed by atoms with Gasteiger partial charge in [-0.15, -0.1) is 16.4 Å². The molecule has 0 spiro atoms. The van der Waals surface area contributed by atoms with E-state index in [1.807, 2.05) is 22.4 Å². The third-order valence-electron chi connectivity index (χ3n) is 4.83. The smallest absolute Gasteiger partial charge is 0.296 e. The van der Waals surface area contributed by atoms with Gasteiger partial charge in [0.15, 0.2) is 10.6 Å². The summed E-state index contributed by atoms with van der Waals surface area (Å²) >= 11 is 7.20. The normalized spacial score (nSPS) is 22.4. The summed E-state index contributed by atoms with van der Waals surface area (Å²) in [6, 6.07) is 4.35. The maximum Gasteiger partial charge on any atom is 0.393 e. The molecular formula is C16H19F3N4S2. The molecule has 1 aliphatic heterocycles. The van der Waals surface area contributed by atoms with Crippen molar-refractivity contribution in [2.75, 3.05) is 13.1 Å². The van der Waals surface area contributed by atoms with Gasteiger partial charge in [0.1, 0.15) is 0 Å². The van der Waals surface area contributed by atoms with E-state index in [9.17, 15) is 13.2 Å². The van der Waals surface area contributed by atoms with Crippen molar-refractivity contribution in [3.05, 3.63) is 22.3 Å². The van der Waals surface area contributed by atoms with Gasteiger partial charge in [0.05, 0.1) is 17.5 Å². The SMILES string of the molecule is FC(F)(F)C1CCCN(Cn2nc(-c3cccs3)n(C3CC3)c2=S)C1. The zero-order valence-corrected chi connectivity index (χ0v) is 15.2. The first-order valence-corrected chi connectivity index (χ1v) is 9.74. The van der Waals surface area contributed by atoms with Crippen LogP contribution in [0.3, 0.4) is 0 Å². The highest BCUT2D eigenvalue weighted by Crippen LogP contribution is 2.39. The topological polar surface area (TPSA) is 26.0 Å². The molecule has 0 bridgehead atoms. The monoisotopic (exact) mass is 388 g/mol. The fourth-order valence-corrected chi connectivity index (χ4v) is 4.43. The van der Waals surface area contributed by atoms with Crippen LogP contribution in [0.25, 0.3) is 10.7 Å². The molecule has 1 aliphatic carbocycles. The van der Waals surface area contributed by atoms with Crippen LogP contribution in [0, 0.1) is 10.7 Å². The van der Waals surface area contributed by atoms with Gasteiger partial charge in [-0.2, -0.15) is 13.2 Å². The number of likely N-dealkylation sites (tertiary alicyclic amines) is 1. The molecule has 4 rings (SSSR count). The maximum atomic E-state index is 13.0. The number of hydrogen-bond acceptors (Lipinski definition) is 4. The zero-order chi connectivity index (χ0) is 17.6. The van der Waals surface area contributed by atoms with E-state index >= 15 is 0 Å². The molecular weight excluding hydrogens is 369 g/mol. The number of halogens is 3. The molecule has 2 fully saturated rings. The highest BCUT2D eigenvalue weighted by atomic mass is 32.1. The fraction of sp³-hybridized carbons (Fsp3) is 0.625. The molecule has 1 unspecified atom stereocenters. The largest absolute Gasteiger partial charge is 0.393 e. The fourth-order valence-electron chi connectivity index (χ4n) is 3.39. The second-order valence-electron chi connectivity index (χ2n) is 6.78. The molecule has 1 saturated carbocycles. The van der Waals surface area contributed by atoms with Crippen LogP contribution < -0.4 is 0 Å². The molecule has 3 heterocycles. The number of piperidine rings is 1. The van der Waals surface area contributed by atoms with E-state index in [0.717, 1.165) is 23.5 Å². The Labute approximate surface area is 152 Å². The van der Waals surface area contributed by atoms with E-state index in [1.165, 1.54) is 0 Å². The van der Waals surface area contributed by atoms with Gasteiger partial charge in [0.25, 0.3) is 0 Å². The standard InChI is InChI=1S/C16H19F3N4S2/c17-16(18,19)11-3-1-7-21(9-11)10-22-15(24)23(12-5-6-12)14(20-22)13-4-2-8-25-13/h2,4,8,11-12H,1,3,5-7,9-10H2. The molecule has 136 valence electrons. The molecule has 0 amide bonds. The van der Waals surface area contributed by atoms with E-state index in [2.05, 4.69) is 9.67 Å². The summed E-state index contributed by atoms with van der Waals surface area (Å²) < 4.78 is 43.5. The molecule has 2 aromatic heterocycles. The second-order valence-corrected chi connectivity index (χ2v) is 8.10. The predicted molar refractivity (Wildman–Crippen MR) is 93.0 cm³/mol. The summed E-state index contributed by atoms with van der Waals surface area (Å²) in [6.07, 6.45) is -1.20. The van der Waals surface area contributed by atoms with Crippen LogP contribution in [0.5, 0.6) is 0 Å². The Morgan fingerprint density at radius 1 is 1.28 bits per heavy atom. The number of hydrogen-bond donors (Lipinski definition) is 0. The number of nitrogens with zero attached hydrogens (tertiary/aromatic N) is 4. The van der Waals surface area contributed by atoms with Gasteiger partial charge >= 0.3 is 6.18 Å². The van der Waals surface area contributed by atoms with Gasteiger partial charge in [-0.1, -0.05) is 6.07 Å². The summed E-state index contributed by atoms with van der Waals surface area (Å²) in [6.45, 7) is 0.998. The van der Waals surface area contributed by atoms with Crippen LogP contribution in [0.15, 0.2) is 17.5 Å². The summed E-state index contributed by atoms with van der Waals surface area (Å²) in [5.74, 6) is -0.412. The minimum atomic E-state index is -4.13. The van der Waals surface area contributed by atoms with Gasteiger partial charge < -0.3 is 0 Å². The van der Waals surface area contributed by atoms with Crippen LogP contribution >= 0.6 is 23.6 Å². The molecule has 25 heavy (non-hydrogen) atoms. The van der Waals surface area contributed by atoms with Crippen LogP contribution in [-0.2, 0) is 6.67 Å². The number of rotatable bonds is 4. The highest BCUT2D eigenvalue weighted by Gasteiger charge is 2.42. The molecule has 2 aliphatic rings. The Bertz CT molecular complexity index is 789. The Balaban J connectivity index is 1.59. The Hall–Kier alpha value is -1.19. The maximum absolute atomic E-state index is 13.0. The molecule has 0 aromatic carbocycles. The molecule has 0 radical (unpaired) electrons. The van der Waals surface area contributed by atoms with Crippen molar-refractivity contribution in [1.82, 2.24) is 19.2 Å². The van der Waals surface area contributed by atoms with Crippen LogP contribution in [0.4, 0.5) is 13.2 Å². The van der Waals surface area contributed by atoms with E-state index in [0.29, 0.717) is 30.4 Å². The first-order valence-electron chi connectivity index (χ1n) is 8.46. The molecule has 2 aromatic rings. The lowest BCUT2D eigenvalue weighted by atomic mass is 9.98.